The molecule has 0 aromatic heterocycles. The SMILES string of the molecule is BC(C)(C)C(CC1(C)SC1(C)C(CC(C)(C)C)c1ccc(SOCC(C)(C)C)cc1)c1ccc(COC)cc1. The summed E-state index contributed by atoms with van der Waals surface area (Å²) in [5.74, 6) is 0.981. The predicted octanol–water partition coefficient (Wildman–Crippen LogP) is 9.69. The first-order chi connectivity index (χ1) is 17.9. The third-order valence-electron chi connectivity index (χ3n) is 8.19. The second-order valence-corrected chi connectivity index (χ2v) is 18.4. The van der Waals surface area contributed by atoms with E-state index in [1.807, 2.05) is 0 Å². The van der Waals surface area contributed by atoms with Crippen molar-refractivity contribution in [3.63, 3.8) is 0 Å². The van der Waals surface area contributed by atoms with E-state index < -0.39 is 0 Å². The minimum Gasteiger partial charge on any atom is -0.380 e. The van der Waals surface area contributed by atoms with Gasteiger partial charge < -0.3 is 8.92 Å². The van der Waals surface area contributed by atoms with Crippen LogP contribution in [0, 0.1) is 10.8 Å². The molecule has 1 aliphatic rings. The zero-order valence-corrected chi connectivity index (χ0v) is 28.4. The van der Waals surface area contributed by atoms with Gasteiger partial charge in [0.2, 0.25) is 0 Å². The molecular weight excluding hydrogens is 515 g/mol. The van der Waals surface area contributed by atoms with Gasteiger partial charge in [-0.3, -0.25) is 0 Å². The highest BCUT2D eigenvalue weighted by molar-refractivity contribution is 8.09. The van der Waals surface area contributed by atoms with E-state index in [9.17, 15) is 0 Å². The molecule has 3 rings (SSSR count). The first kappa shape index (κ1) is 32.6. The Bertz CT molecular complexity index is 1060. The van der Waals surface area contributed by atoms with Crippen LogP contribution in [-0.4, -0.2) is 31.1 Å². The van der Waals surface area contributed by atoms with Crippen LogP contribution in [0.25, 0.3) is 0 Å². The number of hydrogen-bond acceptors (Lipinski definition) is 4. The lowest BCUT2D eigenvalue weighted by Gasteiger charge is -2.37. The number of rotatable bonds is 12. The van der Waals surface area contributed by atoms with Gasteiger partial charge in [0.05, 0.1) is 13.2 Å². The maximum Gasteiger partial charge on any atom is 0.109 e. The first-order valence-corrected chi connectivity index (χ1v) is 16.1. The molecule has 4 unspecified atom stereocenters. The van der Waals surface area contributed by atoms with E-state index >= 15 is 0 Å². The van der Waals surface area contributed by atoms with E-state index in [0.717, 1.165) is 6.61 Å². The molecular formula is C34H53BO2S2. The molecule has 1 heterocycles. The standard InChI is InChI=1S/C34H53BO2S2/c1-30(2,3)20-29(26-16-18-27(19-17-26)38-37-23-31(4,5)6)34(10)33(9,39-34)21-28(32(7,8)35)25-14-12-24(13-15-25)22-36-11/h12-19,28-29H,20-23,35H2,1-11H3. The van der Waals surface area contributed by atoms with Crippen LogP contribution in [0.1, 0.15) is 111 Å². The summed E-state index contributed by atoms with van der Waals surface area (Å²) in [5, 5.41) is 0.182. The van der Waals surface area contributed by atoms with Crippen LogP contribution in [0.4, 0.5) is 0 Å². The summed E-state index contributed by atoms with van der Waals surface area (Å²) >= 11 is 3.71. The predicted molar refractivity (Wildman–Crippen MR) is 176 cm³/mol. The highest BCUT2D eigenvalue weighted by Gasteiger charge is 2.66. The minimum absolute atomic E-state index is 0.171. The molecule has 216 valence electrons. The van der Waals surface area contributed by atoms with E-state index in [1.165, 1.54) is 46.5 Å². The Labute approximate surface area is 249 Å². The highest BCUT2D eigenvalue weighted by Crippen LogP contribution is 2.74. The summed E-state index contributed by atoms with van der Waals surface area (Å²) in [6.45, 7) is 25.1. The summed E-state index contributed by atoms with van der Waals surface area (Å²) < 4.78 is 11.7. The molecule has 39 heavy (non-hydrogen) atoms. The van der Waals surface area contributed by atoms with Crippen molar-refractivity contribution in [3.05, 3.63) is 65.2 Å². The number of thioether (sulfide) groups is 1. The van der Waals surface area contributed by atoms with Gasteiger partial charge in [-0.1, -0.05) is 97.1 Å². The van der Waals surface area contributed by atoms with E-state index in [-0.39, 0.29) is 25.6 Å². The molecule has 1 aliphatic heterocycles. The van der Waals surface area contributed by atoms with E-state index in [4.69, 9.17) is 8.92 Å². The Kier molecular flexibility index (Phi) is 10.2. The molecule has 4 atom stereocenters. The molecule has 1 fully saturated rings. The maximum atomic E-state index is 5.92. The molecule has 0 radical (unpaired) electrons. The molecule has 5 heteroatoms. The minimum atomic E-state index is 0.171. The van der Waals surface area contributed by atoms with Gasteiger partial charge in [-0.2, -0.15) is 0 Å². The smallest absolute Gasteiger partial charge is 0.109 e. The molecule has 2 aromatic rings. The van der Waals surface area contributed by atoms with Gasteiger partial charge in [0.15, 0.2) is 0 Å². The molecule has 0 spiro atoms. The van der Waals surface area contributed by atoms with E-state index in [1.54, 1.807) is 7.11 Å². The van der Waals surface area contributed by atoms with Crippen molar-refractivity contribution in [1.29, 1.82) is 0 Å². The van der Waals surface area contributed by atoms with Crippen LogP contribution in [0.3, 0.4) is 0 Å². The van der Waals surface area contributed by atoms with Crippen LogP contribution >= 0.6 is 23.8 Å². The average molecular weight is 569 g/mol. The van der Waals surface area contributed by atoms with Gasteiger partial charge in [0.1, 0.15) is 7.85 Å². The largest absolute Gasteiger partial charge is 0.380 e. The van der Waals surface area contributed by atoms with Crippen molar-refractivity contribution in [1.82, 2.24) is 0 Å². The third kappa shape index (κ3) is 8.80. The maximum absolute atomic E-state index is 5.92. The summed E-state index contributed by atoms with van der Waals surface area (Å²) in [5.41, 5.74) is 4.56. The van der Waals surface area contributed by atoms with Gasteiger partial charge in [-0.05, 0) is 72.3 Å². The molecule has 2 aromatic carbocycles. The Morgan fingerprint density at radius 1 is 0.846 bits per heavy atom. The lowest BCUT2D eigenvalue weighted by molar-refractivity contribution is 0.185. The first-order valence-electron chi connectivity index (χ1n) is 14.5. The normalized spacial score (nSPS) is 23.5. The lowest BCUT2D eigenvalue weighted by Crippen LogP contribution is -2.33. The second-order valence-electron chi connectivity index (χ2n) is 15.5. The molecule has 1 saturated heterocycles. The van der Waals surface area contributed by atoms with Crippen molar-refractivity contribution in [2.45, 2.75) is 120 Å². The fourth-order valence-corrected chi connectivity index (χ4v) is 8.24. The summed E-state index contributed by atoms with van der Waals surface area (Å²) in [6.07, 6.45) is 2.35. The van der Waals surface area contributed by atoms with Crippen molar-refractivity contribution < 1.29 is 8.92 Å². The van der Waals surface area contributed by atoms with E-state index in [0.29, 0.717) is 18.4 Å². The topological polar surface area (TPSA) is 18.5 Å². The molecule has 0 aliphatic carbocycles. The summed E-state index contributed by atoms with van der Waals surface area (Å²) in [6, 6.07) is 18.4. The number of benzene rings is 2. The zero-order chi connectivity index (χ0) is 29.3. The molecule has 2 nitrogen and oxygen atoms in total. The van der Waals surface area contributed by atoms with Crippen LogP contribution in [-0.2, 0) is 15.5 Å². The summed E-state index contributed by atoms with van der Waals surface area (Å²) in [4.78, 5) is 1.18. The van der Waals surface area contributed by atoms with Gasteiger partial charge in [0, 0.05) is 39.5 Å². The number of ether oxygens (including phenoxy) is 1. The molecule has 0 N–H and O–H groups in total. The Balaban J connectivity index is 1.84. The van der Waals surface area contributed by atoms with Crippen molar-refractivity contribution in [3.8, 4) is 0 Å². The second kappa shape index (κ2) is 12.2. The van der Waals surface area contributed by atoms with Crippen LogP contribution in [0.2, 0.25) is 5.31 Å². The number of methoxy groups -OCH3 is 1. The Hall–Kier alpha value is -0.875. The van der Waals surface area contributed by atoms with Gasteiger partial charge >= 0.3 is 0 Å². The highest BCUT2D eigenvalue weighted by atomic mass is 32.2. The fourth-order valence-electron chi connectivity index (χ4n) is 5.73. The molecule has 0 bridgehead atoms. The van der Waals surface area contributed by atoms with Crippen molar-refractivity contribution >= 4 is 31.7 Å². The van der Waals surface area contributed by atoms with Crippen LogP contribution in [0.5, 0.6) is 0 Å². The third-order valence-corrected chi connectivity index (χ3v) is 10.9. The zero-order valence-electron chi connectivity index (χ0n) is 26.7. The van der Waals surface area contributed by atoms with Gasteiger partial charge in [-0.25, -0.2) is 0 Å². The lowest BCUT2D eigenvalue weighted by atomic mass is 9.58. The summed E-state index contributed by atoms with van der Waals surface area (Å²) in [7, 11) is 4.17. The van der Waals surface area contributed by atoms with Crippen molar-refractivity contribution in [2.24, 2.45) is 10.8 Å². The van der Waals surface area contributed by atoms with Crippen molar-refractivity contribution in [2.75, 3.05) is 13.7 Å². The van der Waals surface area contributed by atoms with Gasteiger partial charge in [-0.15, -0.1) is 11.8 Å². The molecule has 0 saturated carbocycles. The monoisotopic (exact) mass is 568 g/mol. The number of hydrogen-bond donors (Lipinski definition) is 0. The van der Waals surface area contributed by atoms with Crippen LogP contribution in [0.15, 0.2) is 53.4 Å². The van der Waals surface area contributed by atoms with Crippen LogP contribution < -0.4 is 0 Å². The Morgan fingerprint density at radius 3 is 1.90 bits per heavy atom. The Morgan fingerprint density at radius 2 is 1.41 bits per heavy atom. The van der Waals surface area contributed by atoms with E-state index in [2.05, 4.69) is 137 Å². The van der Waals surface area contributed by atoms with Gasteiger partial charge in [0.25, 0.3) is 0 Å². The quantitative estimate of drug-likeness (QED) is 0.144. The fraction of sp³-hybridized carbons (Fsp3) is 0.647. The average Bonchev–Trinajstić information content (AvgIpc) is 3.36. The molecule has 0 amide bonds.